The van der Waals surface area contributed by atoms with E-state index in [1.807, 2.05) is 31.2 Å². The summed E-state index contributed by atoms with van der Waals surface area (Å²) in [5.74, 6) is 0.569. The molecule has 0 bridgehead atoms. The number of para-hydroxylation sites is 1. The van der Waals surface area contributed by atoms with Crippen LogP contribution in [0.3, 0.4) is 0 Å². The summed E-state index contributed by atoms with van der Waals surface area (Å²) < 4.78 is 10.7. The summed E-state index contributed by atoms with van der Waals surface area (Å²) in [5.41, 5.74) is 3.03. The van der Waals surface area contributed by atoms with Gasteiger partial charge in [-0.3, -0.25) is 14.9 Å². The van der Waals surface area contributed by atoms with Gasteiger partial charge in [0, 0.05) is 17.7 Å². The molecule has 0 aliphatic carbocycles. The highest BCUT2D eigenvalue weighted by Gasteiger charge is 2.06. The predicted molar refractivity (Wildman–Crippen MR) is 91.9 cm³/mol. The zero-order chi connectivity index (χ0) is 18.1. The SMILES string of the molecule is CCOc1ccccc1C=NNC(=O)COc1ccc([N+](=O)[O-])cc1. The molecule has 0 aromatic heterocycles. The van der Waals surface area contributed by atoms with Gasteiger partial charge in [0.25, 0.3) is 11.6 Å². The van der Waals surface area contributed by atoms with Crippen LogP contribution in [0.5, 0.6) is 11.5 Å². The van der Waals surface area contributed by atoms with Gasteiger partial charge < -0.3 is 9.47 Å². The summed E-state index contributed by atoms with van der Waals surface area (Å²) in [4.78, 5) is 21.7. The maximum Gasteiger partial charge on any atom is 0.277 e. The Labute approximate surface area is 144 Å². The summed E-state index contributed by atoms with van der Waals surface area (Å²) in [6.07, 6.45) is 1.48. The number of carbonyl (C=O) groups is 1. The second kappa shape index (κ2) is 9.02. The number of hydrogen-bond donors (Lipinski definition) is 1. The van der Waals surface area contributed by atoms with Crippen molar-refractivity contribution in [3.8, 4) is 11.5 Å². The summed E-state index contributed by atoms with van der Waals surface area (Å²) in [6.45, 7) is 2.15. The van der Waals surface area contributed by atoms with Crippen molar-refractivity contribution in [3.63, 3.8) is 0 Å². The number of nitro benzene ring substituents is 1. The van der Waals surface area contributed by atoms with Crippen LogP contribution in [0.4, 0.5) is 5.69 Å². The van der Waals surface area contributed by atoms with Gasteiger partial charge in [-0.1, -0.05) is 12.1 Å². The summed E-state index contributed by atoms with van der Waals surface area (Å²) in [5, 5.41) is 14.4. The number of nitrogens with one attached hydrogen (secondary N) is 1. The summed E-state index contributed by atoms with van der Waals surface area (Å²) in [6, 6.07) is 12.8. The van der Waals surface area contributed by atoms with Gasteiger partial charge in [-0.15, -0.1) is 0 Å². The lowest BCUT2D eigenvalue weighted by Gasteiger charge is -2.06. The fourth-order valence-electron chi connectivity index (χ4n) is 1.89. The van der Waals surface area contributed by atoms with Gasteiger partial charge in [0.2, 0.25) is 0 Å². The van der Waals surface area contributed by atoms with Crippen LogP contribution in [0.25, 0.3) is 0 Å². The van der Waals surface area contributed by atoms with E-state index < -0.39 is 10.8 Å². The Kier molecular flexibility index (Phi) is 6.47. The van der Waals surface area contributed by atoms with Crippen LogP contribution in [-0.4, -0.2) is 30.3 Å². The van der Waals surface area contributed by atoms with Crippen molar-refractivity contribution in [3.05, 3.63) is 64.2 Å². The lowest BCUT2D eigenvalue weighted by molar-refractivity contribution is -0.384. The maximum atomic E-state index is 11.7. The van der Waals surface area contributed by atoms with Gasteiger partial charge in [0.15, 0.2) is 6.61 Å². The lowest BCUT2D eigenvalue weighted by Crippen LogP contribution is -2.24. The number of nitro groups is 1. The number of non-ortho nitro benzene ring substituents is 1. The number of benzene rings is 2. The smallest absolute Gasteiger partial charge is 0.277 e. The fourth-order valence-corrected chi connectivity index (χ4v) is 1.89. The van der Waals surface area contributed by atoms with Gasteiger partial charge in [0.1, 0.15) is 11.5 Å². The molecule has 1 amide bonds. The minimum Gasteiger partial charge on any atom is -0.493 e. The quantitative estimate of drug-likeness (QED) is 0.451. The predicted octanol–water partition coefficient (Wildman–Crippen LogP) is 2.52. The Balaban J connectivity index is 1.83. The topological polar surface area (TPSA) is 103 Å². The van der Waals surface area contributed by atoms with Crippen molar-refractivity contribution in [2.24, 2.45) is 5.10 Å². The first-order chi connectivity index (χ1) is 12.1. The molecular weight excluding hydrogens is 326 g/mol. The van der Waals surface area contributed by atoms with Crippen LogP contribution < -0.4 is 14.9 Å². The lowest BCUT2D eigenvalue weighted by atomic mass is 10.2. The van der Waals surface area contributed by atoms with Crippen LogP contribution >= 0.6 is 0 Å². The Bertz CT molecular complexity index is 759. The van der Waals surface area contributed by atoms with E-state index in [0.717, 1.165) is 5.56 Å². The molecule has 0 fully saturated rings. The third kappa shape index (κ3) is 5.61. The van der Waals surface area contributed by atoms with E-state index in [0.29, 0.717) is 18.1 Å². The van der Waals surface area contributed by atoms with Gasteiger partial charge in [-0.2, -0.15) is 5.10 Å². The minimum atomic E-state index is -0.509. The van der Waals surface area contributed by atoms with Crippen LogP contribution in [-0.2, 0) is 4.79 Å². The van der Waals surface area contributed by atoms with E-state index >= 15 is 0 Å². The highest BCUT2D eigenvalue weighted by Crippen LogP contribution is 2.17. The van der Waals surface area contributed by atoms with E-state index in [1.54, 1.807) is 0 Å². The molecule has 0 saturated carbocycles. The highest BCUT2D eigenvalue weighted by atomic mass is 16.6. The van der Waals surface area contributed by atoms with Crippen LogP contribution in [0, 0.1) is 10.1 Å². The van der Waals surface area contributed by atoms with E-state index in [2.05, 4.69) is 10.5 Å². The van der Waals surface area contributed by atoms with Crippen molar-refractivity contribution in [2.75, 3.05) is 13.2 Å². The number of ether oxygens (including phenoxy) is 2. The molecule has 0 aliphatic rings. The molecule has 0 radical (unpaired) electrons. The zero-order valence-electron chi connectivity index (χ0n) is 13.5. The molecule has 0 atom stereocenters. The number of rotatable bonds is 8. The molecule has 130 valence electrons. The molecule has 0 aliphatic heterocycles. The van der Waals surface area contributed by atoms with Crippen LogP contribution in [0.15, 0.2) is 53.6 Å². The first-order valence-corrected chi connectivity index (χ1v) is 7.51. The average Bonchev–Trinajstić information content (AvgIpc) is 2.62. The van der Waals surface area contributed by atoms with Crippen LogP contribution in [0.1, 0.15) is 12.5 Å². The Hall–Kier alpha value is -3.42. The molecule has 0 heterocycles. The largest absolute Gasteiger partial charge is 0.493 e. The molecule has 0 saturated heterocycles. The fraction of sp³-hybridized carbons (Fsp3) is 0.176. The van der Waals surface area contributed by atoms with Gasteiger partial charge in [0.05, 0.1) is 17.7 Å². The molecule has 2 rings (SSSR count). The minimum absolute atomic E-state index is 0.0469. The molecule has 0 unspecified atom stereocenters. The first-order valence-electron chi connectivity index (χ1n) is 7.51. The molecule has 1 N–H and O–H groups in total. The van der Waals surface area contributed by atoms with E-state index in [1.165, 1.54) is 30.5 Å². The third-order valence-electron chi connectivity index (χ3n) is 3.03. The molecular formula is C17H17N3O5. The average molecular weight is 343 g/mol. The van der Waals surface area contributed by atoms with Crippen molar-refractivity contribution >= 4 is 17.8 Å². The molecule has 8 heteroatoms. The standard InChI is InChI=1S/C17H17N3O5/c1-2-24-16-6-4-3-5-13(16)11-18-19-17(21)12-25-15-9-7-14(8-10-15)20(22)23/h3-11H,2,12H2,1H3,(H,19,21). The Morgan fingerprint density at radius 3 is 2.60 bits per heavy atom. The Morgan fingerprint density at radius 1 is 1.20 bits per heavy atom. The number of hydrazone groups is 1. The number of nitrogens with zero attached hydrogens (tertiary/aromatic N) is 2. The maximum absolute atomic E-state index is 11.7. The second-order valence-corrected chi connectivity index (χ2v) is 4.80. The third-order valence-corrected chi connectivity index (χ3v) is 3.03. The van der Waals surface area contributed by atoms with Crippen molar-refractivity contribution in [2.45, 2.75) is 6.92 Å². The molecule has 0 spiro atoms. The van der Waals surface area contributed by atoms with Crippen molar-refractivity contribution < 1.29 is 19.2 Å². The zero-order valence-corrected chi connectivity index (χ0v) is 13.5. The van der Waals surface area contributed by atoms with Gasteiger partial charge >= 0.3 is 0 Å². The molecule has 2 aromatic carbocycles. The van der Waals surface area contributed by atoms with E-state index in [9.17, 15) is 14.9 Å². The molecule has 2 aromatic rings. The first kappa shape index (κ1) is 17.9. The number of hydrogen-bond acceptors (Lipinski definition) is 6. The van der Waals surface area contributed by atoms with Crippen LogP contribution in [0.2, 0.25) is 0 Å². The van der Waals surface area contributed by atoms with E-state index in [4.69, 9.17) is 9.47 Å². The van der Waals surface area contributed by atoms with Gasteiger partial charge in [-0.05, 0) is 31.2 Å². The monoisotopic (exact) mass is 343 g/mol. The summed E-state index contributed by atoms with van der Waals surface area (Å²) >= 11 is 0. The highest BCUT2D eigenvalue weighted by molar-refractivity contribution is 5.85. The normalized spacial score (nSPS) is 10.4. The molecule has 25 heavy (non-hydrogen) atoms. The number of carbonyl (C=O) groups excluding carboxylic acids is 1. The number of amides is 1. The van der Waals surface area contributed by atoms with E-state index in [-0.39, 0.29) is 12.3 Å². The van der Waals surface area contributed by atoms with Gasteiger partial charge in [-0.25, -0.2) is 5.43 Å². The second-order valence-electron chi connectivity index (χ2n) is 4.80. The Morgan fingerprint density at radius 2 is 1.92 bits per heavy atom. The molecule has 8 nitrogen and oxygen atoms in total. The summed E-state index contributed by atoms with van der Waals surface area (Å²) in [7, 11) is 0. The van der Waals surface area contributed by atoms with Crippen molar-refractivity contribution in [1.82, 2.24) is 5.43 Å². The van der Waals surface area contributed by atoms with Crippen molar-refractivity contribution in [1.29, 1.82) is 0 Å².